The Kier molecular flexibility index (Phi) is 3.22. The summed E-state index contributed by atoms with van der Waals surface area (Å²) in [6.07, 6.45) is 0. The van der Waals surface area contributed by atoms with Crippen molar-refractivity contribution in [2.45, 2.75) is 13.8 Å². The molecule has 1 aromatic carbocycles. The molecule has 2 aromatic heterocycles. The van der Waals surface area contributed by atoms with Gasteiger partial charge in [-0.3, -0.25) is 9.59 Å². The molecule has 0 amide bonds. The summed E-state index contributed by atoms with van der Waals surface area (Å²) < 4.78 is 1.20. The van der Waals surface area contributed by atoms with Crippen molar-refractivity contribution in [1.29, 1.82) is 0 Å². The first-order chi connectivity index (χ1) is 10.6. The predicted molar refractivity (Wildman–Crippen MR) is 80.1 cm³/mol. The number of fused-ring (bicyclic) bond motifs is 1. The second kappa shape index (κ2) is 5.08. The van der Waals surface area contributed by atoms with Crippen LogP contribution in [0.3, 0.4) is 0 Å². The van der Waals surface area contributed by atoms with Crippen LogP contribution in [0.1, 0.15) is 27.3 Å². The number of hydrazine groups is 1. The maximum absolute atomic E-state index is 12.7. The fourth-order valence-corrected chi connectivity index (χ4v) is 2.37. The molecule has 0 aliphatic carbocycles. The monoisotopic (exact) mass is 298 g/mol. The second-order valence-corrected chi connectivity index (χ2v) is 4.82. The number of carbonyl (C=O) groups is 1. The number of nitrogens with zero attached hydrogens (tertiary/aromatic N) is 4. The van der Waals surface area contributed by atoms with E-state index in [1.807, 2.05) is 6.07 Å². The maximum atomic E-state index is 12.7. The van der Waals surface area contributed by atoms with Gasteiger partial charge in [0.15, 0.2) is 11.4 Å². The van der Waals surface area contributed by atoms with E-state index in [4.69, 9.17) is 5.84 Å². The van der Waals surface area contributed by atoms with E-state index in [0.717, 1.165) is 0 Å². The number of nitrogen functional groups attached to an aromatic ring is 1. The van der Waals surface area contributed by atoms with Crippen LogP contribution in [0.25, 0.3) is 5.65 Å². The van der Waals surface area contributed by atoms with E-state index in [1.54, 1.807) is 38.1 Å². The quantitative estimate of drug-likeness (QED) is 0.405. The molecule has 3 aromatic rings. The van der Waals surface area contributed by atoms with Crippen molar-refractivity contribution in [3.05, 3.63) is 63.2 Å². The van der Waals surface area contributed by atoms with E-state index in [2.05, 4.69) is 15.7 Å². The lowest BCUT2D eigenvalue weighted by Gasteiger charge is -2.06. The molecule has 0 aliphatic rings. The van der Waals surface area contributed by atoms with Crippen molar-refractivity contribution in [3.63, 3.8) is 0 Å². The lowest BCUT2D eigenvalue weighted by Crippen LogP contribution is -2.33. The lowest BCUT2D eigenvalue weighted by atomic mass is 10.0. The van der Waals surface area contributed by atoms with Crippen molar-refractivity contribution in [1.82, 2.24) is 19.5 Å². The van der Waals surface area contributed by atoms with Crippen LogP contribution >= 0.6 is 0 Å². The highest BCUT2D eigenvalue weighted by Crippen LogP contribution is 2.18. The van der Waals surface area contributed by atoms with Gasteiger partial charge >= 0.3 is 0 Å². The van der Waals surface area contributed by atoms with Crippen LogP contribution in [-0.4, -0.2) is 25.3 Å². The Labute approximate surface area is 125 Å². The zero-order valence-electron chi connectivity index (χ0n) is 12.1. The average molecular weight is 298 g/mol. The molecular formula is C14H14N6O2. The third-order valence-corrected chi connectivity index (χ3v) is 3.49. The summed E-state index contributed by atoms with van der Waals surface area (Å²) in [4.78, 5) is 26.3. The zero-order chi connectivity index (χ0) is 15.9. The molecule has 112 valence electrons. The molecule has 0 saturated carbocycles. The molecule has 8 nitrogen and oxygen atoms in total. The van der Waals surface area contributed by atoms with E-state index in [1.165, 1.54) is 9.31 Å². The minimum atomic E-state index is -0.391. The number of rotatable bonds is 3. The molecule has 0 spiro atoms. The van der Waals surface area contributed by atoms with Crippen LogP contribution in [0, 0.1) is 13.8 Å². The molecule has 8 heteroatoms. The zero-order valence-corrected chi connectivity index (χ0v) is 12.1. The predicted octanol–water partition coefficient (Wildman–Crippen LogP) is 0.156. The number of nitrogens with two attached hydrogens (primary N) is 1. The fourth-order valence-electron chi connectivity index (χ4n) is 2.37. The number of carbonyl (C=O) groups excluding carboxylic acids is 1. The van der Waals surface area contributed by atoms with Crippen LogP contribution in [0.2, 0.25) is 0 Å². The van der Waals surface area contributed by atoms with Gasteiger partial charge in [-0.25, -0.2) is 11.4 Å². The van der Waals surface area contributed by atoms with Crippen molar-refractivity contribution < 1.29 is 4.79 Å². The molecule has 3 rings (SSSR count). The summed E-state index contributed by atoms with van der Waals surface area (Å²) in [5.74, 6) is 5.23. The second-order valence-electron chi connectivity index (χ2n) is 4.82. The van der Waals surface area contributed by atoms with Crippen molar-refractivity contribution in [2.24, 2.45) is 5.84 Å². The third-order valence-electron chi connectivity index (χ3n) is 3.49. The number of ketones is 1. The van der Waals surface area contributed by atoms with E-state index in [0.29, 0.717) is 11.3 Å². The first-order valence-corrected chi connectivity index (χ1v) is 6.60. The van der Waals surface area contributed by atoms with Crippen molar-refractivity contribution >= 4 is 11.4 Å². The van der Waals surface area contributed by atoms with Gasteiger partial charge in [0.2, 0.25) is 0 Å². The van der Waals surface area contributed by atoms with E-state index in [-0.39, 0.29) is 22.7 Å². The SMILES string of the molecule is Cc1nnc2c(C(=O)c3ccccc3)c(C)n(NN)n2c1=O. The summed E-state index contributed by atoms with van der Waals surface area (Å²) in [5, 5.41) is 7.81. The Balaban J connectivity index is 2.36. The molecule has 0 radical (unpaired) electrons. The maximum Gasteiger partial charge on any atom is 0.296 e. The summed E-state index contributed by atoms with van der Waals surface area (Å²) in [6.45, 7) is 3.23. The molecular weight excluding hydrogens is 284 g/mol. The van der Waals surface area contributed by atoms with Gasteiger partial charge in [-0.15, -0.1) is 10.2 Å². The molecule has 0 bridgehead atoms. The molecule has 0 unspecified atom stereocenters. The normalized spacial score (nSPS) is 10.9. The molecule has 3 N–H and O–H groups in total. The molecule has 2 heterocycles. The van der Waals surface area contributed by atoms with Gasteiger partial charge < -0.3 is 0 Å². The summed E-state index contributed by atoms with van der Waals surface area (Å²) >= 11 is 0. The van der Waals surface area contributed by atoms with E-state index in [9.17, 15) is 9.59 Å². The smallest absolute Gasteiger partial charge is 0.288 e. The standard InChI is InChI=1S/C14H14N6O2/c1-8-14(22)19-13(17-16-8)11(9(2)20(19)18-15)12(21)10-6-4-3-5-7-10/h3-7,18H,15H2,1-2H3. The Morgan fingerprint density at radius 2 is 1.86 bits per heavy atom. The lowest BCUT2D eigenvalue weighted by molar-refractivity contribution is 0.103. The van der Waals surface area contributed by atoms with Gasteiger partial charge in [0.1, 0.15) is 5.69 Å². The number of hydrogen-bond acceptors (Lipinski definition) is 6. The van der Waals surface area contributed by atoms with Crippen LogP contribution in [0.5, 0.6) is 0 Å². The van der Waals surface area contributed by atoms with Crippen molar-refractivity contribution in [2.75, 3.05) is 5.53 Å². The number of aryl methyl sites for hydroxylation is 1. The minimum absolute atomic E-state index is 0.167. The summed E-state index contributed by atoms with van der Waals surface area (Å²) in [5.41, 5.74) is 3.64. The Hall–Kier alpha value is -3.00. The molecule has 0 aliphatic heterocycles. The number of hydrogen-bond donors (Lipinski definition) is 2. The van der Waals surface area contributed by atoms with E-state index < -0.39 is 5.56 Å². The number of aromatic nitrogens is 4. The highest BCUT2D eigenvalue weighted by atomic mass is 16.1. The van der Waals surface area contributed by atoms with Gasteiger partial charge in [-0.05, 0) is 13.8 Å². The molecule has 0 fully saturated rings. The summed E-state index contributed by atoms with van der Waals surface area (Å²) in [6, 6.07) is 8.76. The molecule has 0 atom stereocenters. The van der Waals surface area contributed by atoms with Crippen LogP contribution in [0.15, 0.2) is 35.1 Å². The largest absolute Gasteiger partial charge is 0.296 e. The first-order valence-electron chi connectivity index (χ1n) is 6.60. The molecule has 22 heavy (non-hydrogen) atoms. The van der Waals surface area contributed by atoms with Crippen LogP contribution in [-0.2, 0) is 0 Å². The minimum Gasteiger partial charge on any atom is -0.288 e. The Morgan fingerprint density at radius 1 is 1.18 bits per heavy atom. The first kappa shape index (κ1) is 14.0. The van der Waals surface area contributed by atoms with Crippen LogP contribution < -0.4 is 16.9 Å². The van der Waals surface area contributed by atoms with Gasteiger partial charge in [-0.2, -0.15) is 9.31 Å². The van der Waals surface area contributed by atoms with Crippen molar-refractivity contribution in [3.8, 4) is 0 Å². The highest BCUT2D eigenvalue weighted by molar-refractivity contribution is 6.13. The van der Waals surface area contributed by atoms with Gasteiger partial charge in [0.05, 0.1) is 11.3 Å². The fraction of sp³-hybridized carbons (Fsp3) is 0.143. The molecule has 0 saturated heterocycles. The number of nitrogens with one attached hydrogen (secondary N) is 1. The Bertz CT molecular complexity index is 926. The van der Waals surface area contributed by atoms with E-state index >= 15 is 0 Å². The Morgan fingerprint density at radius 3 is 2.50 bits per heavy atom. The topological polar surface area (TPSA) is 107 Å². The van der Waals surface area contributed by atoms with Gasteiger partial charge in [-0.1, -0.05) is 30.3 Å². The van der Waals surface area contributed by atoms with Crippen LogP contribution in [0.4, 0.5) is 0 Å². The van der Waals surface area contributed by atoms with Gasteiger partial charge in [0, 0.05) is 5.56 Å². The van der Waals surface area contributed by atoms with Gasteiger partial charge in [0.25, 0.3) is 5.56 Å². The highest BCUT2D eigenvalue weighted by Gasteiger charge is 2.24. The number of benzene rings is 1. The summed E-state index contributed by atoms with van der Waals surface area (Å²) in [7, 11) is 0. The average Bonchev–Trinajstić information content (AvgIpc) is 2.83. The third kappa shape index (κ3) is 1.89.